The number of nitrogens with zero attached hydrogens (tertiary/aromatic N) is 2. The molecule has 1 unspecified atom stereocenters. The number of aromatic nitrogens is 1. The molecule has 1 aromatic heterocycles. The van der Waals surface area contributed by atoms with Crippen LogP contribution in [-0.2, 0) is 4.79 Å². The Morgan fingerprint density at radius 1 is 1.09 bits per heavy atom. The molecule has 2 aromatic carbocycles. The number of rotatable bonds is 12. The minimum atomic E-state index is -4.54. The lowest BCUT2D eigenvalue weighted by Gasteiger charge is -2.19. The first-order valence-electron chi connectivity index (χ1n) is 14.6. The van der Waals surface area contributed by atoms with Crippen molar-refractivity contribution < 1.29 is 18.0 Å². The summed E-state index contributed by atoms with van der Waals surface area (Å²) >= 11 is 0. The van der Waals surface area contributed by atoms with E-state index in [0.29, 0.717) is 17.7 Å². The fraction of sp³-hybridized carbons (Fsp3) is 0.343. The van der Waals surface area contributed by atoms with E-state index in [1.54, 1.807) is 32.0 Å². The Kier molecular flexibility index (Phi) is 12.7. The number of halogens is 3. The van der Waals surface area contributed by atoms with Crippen LogP contribution in [0.15, 0.2) is 96.3 Å². The Hall–Kier alpha value is -4.22. The Morgan fingerprint density at radius 3 is 2.47 bits per heavy atom. The van der Waals surface area contributed by atoms with Crippen molar-refractivity contribution in [3.05, 3.63) is 119 Å². The van der Waals surface area contributed by atoms with Gasteiger partial charge in [0.05, 0.1) is 34.6 Å². The minimum Gasteiger partial charge on any atom is -0.353 e. The number of alkyl halides is 3. The molecule has 1 aliphatic carbocycles. The lowest BCUT2D eigenvalue weighted by molar-refractivity contribution is -0.115. The van der Waals surface area contributed by atoms with Crippen LogP contribution in [0.2, 0.25) is 0 Å². The van der Waals surface area contributed by atoms with E-state index in [9.17, 15) is 18.0 Å². The van der Waals surface area contributed by atoms with Gasteiger partial charge in [-0.2, -0.15) is 18.4 Å². The van der Waals surface area contributed by atoms with Crippen molar-refractivity contribution in [2.24, 2.45) is 5.92 Å². The van der Waals surface area contributed by atoms with Crippen LogP contribution in [-0.4, -0.2) is 23.5 Å². The van der Waals surface area contributed by atoms with Gasteiger partial charge < -0.3 is 10.6 Å². The van der Waals surface area contributed by atoms with Gasteiger partial charge in [-0.3, -0.25) is 9.78 Å². The Balaban J connectivity index is 0.000000241. The summed E-state index contributed by atoms with van der Waals surface area (Å²) in [7, 11) is 0. The summed E-state index contributed by atoms with van der Waals surface area (Å²) in [6, 6.07) is 23.2. The van der Waals surface area contributed by atoms with Crippen LogP contribution < -0.4 is 10.6 Å². The molecule has 3 aromatic rings. The van der Waals surface area contributed by atoms with E-state index in [0.717, 1.165) is 30.3 Å². The van der Waals surface area contributed by atoms with Gasteiger partial charge in [-0.15, -0.1) is 0 Å². The molecule has 5 nitrogen and oxygen atoms in total. The van der Waals surface area contributed by atoms with Gasteiger partial charge in [0.15, 0.2) is 5.78 Å². The summed E-state index contributed by atoms with van der Waals surface area (Å²) in [4.78, 5) is 16.7. The zero-order valence-electron chi connectivity index (χ0n) is 24.9. The number of hydrogen-bond acceptors (Lipinski definition) is 5. The van der Waals surface area contributed by atoms with E-state index in [1.807, 2.05) is 18.3 Å². The lowest BCUT2D eigenvalue weighted by Crippen LogP contribution is -2.25. The molecule has 4 rings (SSSR count). The van der Waals surface area contributed by atoms with Gasteiger partial charge in [0.2, 0.25) is 0 Å². The molecule has 0 radical (unpaired) electrons. The van der Waals surface area contributed by atoms with Crippen molar-refractivity contribution in [2.45, 2.75) is 65.1 Å². The van der Waals surface area contributed by atoms with E-state index in [1.165, 1.54) is 30.0 Å². The van der Waals surface area contributed by atoms with Gasteiger partial charge in [-0.05, 0) is 87.0 Å². The van der Waals surface area contributed by atoms with Gasteiger partial charge in [-0.1, -0.05) is 61.9 Å². The molecular weight excluding hydrogens is 549 g/mol. The van der Waals surface area contributed by atoms with Crippen molar-refractivity contribution in [3.63, 3.8) is 0 Å². The number of nitriles is 1. The molecule has 1 fully saturated rings. The predicted octanol–water partition coefficient (Wildman–Crippen LogP) is 8.60. The number of Topliss-reactive ketones (excluding diaryl/α,β-unsaturated/α-hetero) is 1. The van der Waals surface area contributed by atoms with Crippen LogP contribution in [0.5, 0.6) is 0 Å². The minimum absolute atomic E-state index is 0.133. The normalized spacial score (nSPS) is 14.3. The maximum Gasteiger partial charge on any atom is 0.416 e. The molecule has 0 amide bonds. The lowest BCUT2D eigenvalue weighted by atomic mass is 10.0. The molecule has 1 saturated carbocycles. The first-order chi connectivity index (χ1) is 20.6. The topological polar surface area (TPSA) is 77.8 Å². The number of carbonyl (C=O) groups excluding carboxylic acids is 1. The number of anilines is 1. The standard InChI is InChI=1S/C18H19F3N2O.C17H20N2/c1-3-6-14(18(19,20)21)11-16(17(24)7-4-2)23-15-9-5-8-13(10-15)12-22;1-13-5-4-6-15(11-13)17(19-12-14-8-9-14)16-7-2-3-10-18-16/h5-6,8-11,23H,3-4,7H2,1-2H3;2-7,10-11,14,17,19H,8-9,12H2,1H3/b14-6-,16-11-;. The van der Waals surface area contributed by atoms with Crippen LogP contribution in [0.4, 0.5) is 18.9 Å². The summed E-state index contributed by atoms with van der Waals surface area (Å²) in [6.45, 7) is 6.60. The Morgan fingerprint density at radius 2 is 1.86 bits per heavy atom. The molecule has 43 heavy (non-hydrogen) atoms. The third-order valence-corrected chi connectivity index (χ3v) is 6.77. The summed E-state index contributed by atoms with van der Waals surface area (Å²) in [5, 5.41) is 15.3. The smallest absolute Gasteiger partial charge is 0.353 e. The molecule has 1 heterocycles. The monoisotopic (exact) mass is 588 g/mol. The molecule has 226 valence electrons. The first kappa shape index (κ1) is 33.3. The molecule has 0 saturated heterocycles. The average molecular weight is 589 g/mol. The van der Waals surface area contributed by atoms with Crippen molar-refractivity contribution in [2.75, 3.05) is 11.9 Å². The average Bonchev–Trinajstić information content (AvgIpc) is 3.82. The second kappa shape index (κ2) is 16.4. The number of carbonyl (C=O) groups is 1. The molecule has 0 aliphatic heterocycles. The van der Waals surface area contributed by atoms with E-state index >= 15 is 0 Å². The van der Waals surface area contributed by atoms with Crippen molar-refractivity contribution in [1.82, 2.24) is 10.3 Å². The molecule has 2 N–H and O–H groups in total. The number of aryl methyl sites for hydroxylation is 1. The van der Waals surface area contributed by atoms with Gasteiger partial charge in [0, 0.05) is 18.3 Å². The summed E-state index contributed by atoms with van der Waals surface area (Å²) in [5.41, 5.74) is 3.45. The highest BCUT2D eigenvalue weighted by Gasteiger charge is 2.32. The van der Waals surface area contributed by atoms with Crippen LogP contribution in [0, 0.1) is 24.2 Å². The molecule has 8 heteroatoms. The van der Waals surface area contributed by atoms with Gasteiger partial charge in [0.1, 0.15) is 0 Å². The highest BCUT2D eigenvalue weighted by molar-refractivity contribution is 5.98. The Bertz CT molecular complexity index is 1440. The molecular formula is C35H39F3N4O. The molecule has 1 atom stereocenters. The fourth-order valence-corrected chi connectivity index (χ4v) is 4.40. The van der Waals surface area contributed by atoms with E-state index in [2.05, 4.69) is 58.9 Å². The van der Waals surface area contributed by atoms with E-state index in [4.69, 9.17) is 5.26 Å². The molecule has 1 aliphatic rings. The second-order valence-electron chi connectivity index (χ2n) is 10.6. The number of benzene rings is 2. The van der Waals surface area contributed by atoms with Crippen LogP contribution in [0.25, 0.3) is 0 Å². The van der Waals surface area contributed by atoms with Crippen molar-refractivity contribution in [1.29, 1.82) is 5.26 Å². The van der Waals surface area contributed by atoms with E-state index < -0.39 is 17.5 Å². The quantitative estimate of drug-likeness (QED) is 0.164. The highest BCUT2D eigenvalue weighted by atomic mass is 19.4. The SMILES string of the molecule is CC/C=C(/C=C(\Nc1cccc(C#N)c1)C(=O)CCC)C(F)(F)F.Cc1cccc(C(NCC2CC2)c2ccccn2)c1. The summed E-state index contributed by atoms with van der Waals surface area (Å²) in [6.07, 6.45) is 2.80. The zero-order chi connectivity index (χ0) is 31.2. The highest BCUT2D eigenvalue weighted by Crippen LogP contribution is 2.30. The van der Waals surface area contributed by atoms with Crippen LogP contribution >= 0.6 is 0 Å². The van der Waals surface area contributed by atoms with Crippen molar-refractivity contribution in [3.8, 4) is 6.07 Å². The Labute approximate surface area is 252 Å². The van der Waals surface area contributed by atoms with Gasteiger partial charge in [-0.25, -0.2) is 0 Å². The zero-order valence-corrected chi connectivity index (χ0v) is 24.9. The number of ketones is 1. The van der Waals surface area contributed by atoms with Crippen LogP contribution in [0.3, 0.4) is 0 Å². The van der Waals surface area contributed by atoms with Gasteiger partial charge in [0.25, 0.3) is 0 Å². The number of allylic oxidation sites excluding steroid dienone is 4. The summed E-state index contributed by atoms with van der Waals surface area (Å²) < 4.78 is 39.2. The van der Waals surface area contributed by atoms with E-state index in [-0.39, 0.29) is 24.6 Å². The van der Waals surface area contributed by atoms with Crippen LogP contribution in [0.1, 0.15) is 74.4 Å². The fourth-order valence-electron chi connectivity index (χ4n) is 4.40. The third-order valence-electron chi connectivity index (χ3n) is 6.77. The van der Waals surface area contributed by atoms with Gasteiger partial charge >= 0.3 is 6.18 Å². The maximum atomic E-state index is 13.1. The molecule has 0 bridgehead atoms. The number of pyridine rings is 1. The number of hydrogen-bond donors (Lipinski definition) is 2. The third kappa shape index (κ3) is 11.2. The predicted molar refractivity (Wildman–Crippen MR) is 165 cm³/mol. The second-order valence-corrected chi connectivity index (χ2v) is 10.6. The summed E-state index contributed by atoms with van der Waals surface area (Å²) in [5.74, 6) is 0.460. The maximum absolute atomic E-state index is 13.1. The largest absolute Gasteiger partial charge is 0.416 e. The first-order valence-corrected chi connectivity index (χ1v) is 14.6. The van der Waals surface area contributed by atoms with Crippen molar-refractivity contribution >= 4 is 11.5 Å². The number of nitrogens with one attached hydrogen (secondary N) is 2. The molecule has 0 spiro atoms.